The monoisotopic (exact) mass is 478 g/mol. The number of nitrogens with one attached hydrogen (secondary N) is 1. The molecule has 0 saturated carbocycles. The van der Waals surface area contributed by atoms with Gasteiger partial charge in [-0.3, -0.25) is 0 Å². The Kier molecular flexibility index (Phi) is 4.78. The highest BCUT2D eigenvalue weighted by Gasteiger charge is 2.41. The van der Waals surface area contributed by atoms with E-state index in [4.69, 9.17) is 25.8 Å². The van der Waals surface area contributed by atoms with Crippen LogP contribution in [-0.4, -0.2) is 29.0 Å². The van der Waals surface area contributed by atoms with Crippen molar-refractivity contribution in [2.24, 2.45) is 0 Å². The lowest BCUT2D eigenvalue weighted by Crippen LogP contribution is -2.32. The maximum Gasteiger partial charge on any atom is 0.226 e. The van der Waals surface area contributed by atoms with Crippen molar-refractivity contribution < 1.29 is 14.2 Å². The van der Waals surface area contributed by atoms with E-state index in [-0.39, 0.29) is 12.1 Å². The fourth-order valence-corrected chi connectivity index (χ4v) is 5.41. The van der Waals surface area contributed by atoms with Gasteiger partial charge in [-0.1, -0.05) is 23.7 Å². The molecule has 0 spiro atoms. The number of methoxy groups -OCH3 is 2. The van der Waals surface area contributed by atoms with E-state index in [1.54, 1.807) is 31.9 Å². The molecule has 2 atom stereocenters. The predicted octanol–water partition coefficient (Wildman–Crippen LogP) is 5.57. The van der Waals surface area contributed by atoms with Gasteiger partial charge in [-0.2, -0.15) is 10.1 Å². The van der Waals surface area contributed by atoms with Crippen molar-refractivity contribution in [3.05, 3.63) is 86.8 Å². The van der Waals surface area contributed by atoms with Crippen LogP contribution in [0.3, 0.4) is 0 Å². The normalized spacial score (nSPS) is 18.5. The van der Waals surface area contributed by atoms with Crippen LogP contribution >= 0.6 is 22.9 Å². The zero-order valence-electron chi connectivity index (χ0n) is 17.8. The second kappa shape index (κ2) is 7.83. The Morgan fingerprint density at radius 1 is 1.09 bits per heavy atom. The summed E-state index contributed by atoms with van der Waals surface area (Å²) in [7, 11) is 3.26. The Labute approximate surface area is 199 Å². The molecule has 33 heavy (non-hydrogen) atoms. The van der Waals surface area contributed by atoms with E-state index in [0.29, 0.717) is 22.5 Å². The number of hydrogen-bond donors (Lipinski definition) is 1. The van der Waals surface area contributed by atoms with Crippen LogP contribution in [0, 0.1) is 0 Å². The first kappa shape index (κ1) is 20.1. The Hall–Kier alpha value is -3.49. The summed E-state index contributed by atoms with van der Waals surface area (Å²) in [6, 6.07) is 15.4. The molecular formula is C24H19ClN4O3S. The summed E-state index contributed by atoms with van der Waals surface area (Å²) in [5.74, 6) is 2.72. The van der Waals surface area contributed by atoms with Crippen molar-refractivity contribution in [1.29, 1.82) is 0 Å². The zero-order chi connectivity index (χ0) is 22.5. The van der Waals surface area contributed by atoms with E-state index in [0.717, 1.165) is 33.0 Å². The molecule has 0 aliphatic carbocycles. The SMILES string of the molecule is COc1ccc([C@H]2C3=C(Nc4ncnn42)c2cc(Cl)ccc2O[C@H]3c2cccs2)cc1OC. The van der Waals surface area contributed by atoms with Gasteiger partial charge in [0, 0.05) is 21.0 Å². The quantitative estimate of drug-likeness (QED) is 0.413. The zero-order valence-corrected chi connectivity index (χ0v) is 19.4. The number of rotatable bonds is 4. The fraction of sp³-hybridized carbons (Fsp3) is 0.167. The molecule has 0 bridgehead atoms. The van der Waals surface area contributed by atoms with Crippen LogP contribution in [-0.2, 0) is 0 Å². The number of hydrogen-bond acceptors (Lipinski definition) is 7. The molecule has 0 saturated heterocycles. The molecular weight excluding hydrogens is 460 g/mol. The van der Waals surface area contributed by atoms with Crippen LogP contribution in [0.1, 0.15) is 28.1 Å². The van der Waals surface area contributed by atoms with Crippen molar-refractivity contribution in [1.82, 2.24) is 14.8 Å². The van der Waals surface area contributed by atoms with Gasteiger partial charge >= 0.3 is 0 Å². The summed E-state index contributed by atoms with van der Waals surface area (Å²) in [4.78, 5) is 5.56. The third kappa shape index (κ3) is 3.17. The number of halogens is 1. The first-order valence-electron chi connectivity index (χ1n) is 10.3. The lowest BCUT2D eigenvalue weighted by atomic mass is 9.86. The molecule has 0 radical (unpaired) electrons. The highest BCUT2D eigenvalue weighted by Crippen LogP contribution is 2.52. The first-order valence-corrected chi connectivity index (χ1v) is 11.6. The van der Waals surface area contributed by atoms with Crippen LogP contribution in [0.25, 0.3) is 5.70 Å². The topological polar surface area (TPSA) is 70.4 Å². The molecule has 9 heteroatoms. The van der Waals surface area contributed by atoms with Gasteiger partial charge in [-0.05, 0) is 47.3 Å². The molecule has 1 N–H and O–H groups in total. The predicted molar refractivity (Wildman–Crippen MR) is 127 cm³/mol. The smallest absolute Gasteiger partial charge is 0.226 e. The largest absolute Gasteiger partial charge is 0.493 e. The lowest BCUT2D eigenvalue weighted by Gasteiger charge is -2.38. The number of fused-ring (bicyclic) bond motifs is 3. The summed E-state index contributed by atoms with van der Waals surface area (Å²) >= 11 is 8.04. The molecule has 0 unspecified atom stereocenters. The van der Waals surface area contributed by atoms with Gasteiger partial charge in [0.1, 0.15) is 18.1 Å². The Morgan fingerprint density at radius 2 is 1.97 bits per heavy atom. The fourth-order valence-electron chi connectivity index (χ4n) is 4.46. The first-order chi connectivity index (χ1) is 16.2. The van der Waals surface area contributed by atoms with Crippen LogP contribution < -0.4 is 19.5 Å². The maximum atomic E-state index is 6.58. The maximum absolute atomic E-state index is 6.58. The van der Waals surface area contributed by atoms with E-state index in [2.05, 4.69) is 26.8 Å². The number of nitrogens with zero attached hydrogens (tertiary/aromatic N) is 3. The molecule has 166 valence electrons. The molecule has 0 amide bonds. The Morgan fingerprint density at radius 3 is 2.76 bits per heavy atom. The minimum absolute atomic E-state index is 0.280. The van der Waals surface area contributed by atoms with Crippen molar-refractivity contribution >= 4 is 34.6 Å². The van der Waals surface area contributed by atoms with Gasteiger partial charge in [0.25, 0.3) is 0 Å². The van der Waals surface area contributed by atoms with Crippen LogP contribution in [0.4, 0.5) is 5.95 Å². The number of thiophene rings is 1. The molecule has 4 aromatic rings. The third-order valence-electron chi connectivity index (χ3n) is 5.90. The van der Waals surface area contributed by atoms with Crippen LogP contribution in [0.5, 0.6) is 17.2 Å². The summed E-state index contributed by atoms with van der Waals surface area (Å²) in [5.41, 5.74) is 3.82. The Balaban J connectivity index is 1.63. The molecule has 0 fully saturated rings. The second-order valence-corrected chi connectivity index (χ2v) is 9.07. The van der Waals surface area contributed by atoms with E-state index >= 15 is 0 Å². The van der Waals surface area contributed by atoms with Crippen LogP contribution in [0.2, 0.25) is 5.02 Å². The molecule has 7 nitrogen and oxygen atoms in total. The van der Waals surface area contributed by atoms with E-state index < -0.39 is 0 Å². The van der Waals surface area contributed by atoms with Crippen molar-refractivity contribution in [2.45, 2.75) is 12.1 Å². The van der Waals surface area contributed by atoms with Gasteiger partial charge < -0.3 is 19.5 Å². The van der Waals surface area contributed by atoms with Gasteiger partial charge in [0.05, 0.1) is 19.9 Å². The lowest BCUT2D eigenvalue weighted by molar-refractivity contribution is 0.226. The number of aromatic nitrogens is 3. The highest BCUT2D eigenvalue weighted by molar-refractivity contribution is 7.10. The van der Waals surface area contributed by atoms with E-state index in [1.807, 2.05) is 47.1 Å². The van der Waals surface area contributed by atoms with Gasteiger partial charge in [0.2, 0.25) is 5.95 Å². The summed E-state index contributed by atoms with van der Waals surface area (Å²) in [6.07, 6.45) is 1.24. The van der Waals surface area contributed by atoms with Crippen molar-refractivity contribution in [3.8, 4) is 17.2 Å². The molecule has 2 aliphatic rings. The molecule has 4 heterocycles. The Bertz CT molecular complexity index is 1380. The van der Waals surface area contributed by atoms with Gasteiger partial charge in [0.15, 0.2) is 17.6 Å². The minimum Gasteiger partial charge on any atom is -0.493 e. The molecule has 2 aromatic carbocycles. The summed E-state index contributed by atoms with van der Waals surface area (Å²) in [5, 5.41) is 10.7. The number of benzene rings is 2. The highest BCUT2D eigenvalue weighted by atomic mass is 35.5. The number of anilines is 1. The number of ether oxygens (including phenoxy) is 3. The van der Waals surface area contributed by atoms with Crippen molar-refractivity contribution in [3.63, 3.8) is 0 Å². The molecule has 2 aromatic heterocycles. The third-order valence-corrected chi connectivity index (χ3v) is 7.05. The van der Waals surface area contributed by atoms with Gasteiger partial charge in [-0.15, -0.1) is 11.3 Å². The standard InChI is InChI=1S/C24H19ClN4O3S/c1-30-17-7-5-13(10-18(17)31-2)22-20-21(28-24-26-12-27-29(22)24)15-11-14(25)6-8-16(15)32-23(20)19-4-3-9-33-19/h3-12,22-23H,1-2H3,(H,26,27,28)/t22-,23-/m0/s1. The molecule has 2 aliphatic heterocycles. The minimum atomic E-state index is -0.309. The van der Waals surface area contributed by atoms with E-state index in [1.165, 1.54) is 0 Å². The van der Waals surface area contributed by atoms with Gasteiger partial charge in [-0.25, -0.2) is 4.68 Å². The van der Waals surface area contributed by atoms with Crippen molar-refractivity contribution in [2.75, 3.05) is 19.5 Å². The van der Waals surface area contributed by atoms with E-state index in [9.17, 15) is 0 Å². The van der Waals surface area contributed by atoms with Crippen LogP contribution in [0.15, 0.2) is 65.8 Å². The summed E-state index contributed by atoms with van der Waals surface area (Å²) in [6.45, 7) is 0. The average molecular weight is 479 g/mol. The molecule has 6 rings (SSSR count). The average Bonchev–Trinajstić information content (AvgIpc) is 3.54. The summed E-state index contributed by atoms with van der Waals surface area (Å²) < 4.78 is 19.5. The second-order valence-electron chi connectivity index (χ2n) is 7.65.